The summed E-state index contributed by atoms with van der Waals surface area (Å²) in [5.74, 6) is 1.21. The Hall–Kier alpha value is -1.29. The fourth-order valence-corrected chi connectivity index (χ4v) is 2.67. The summed E-state index contributed by atoms with van der Waals surface area (Å²) in [4.78, 5) is 11.8. The summed E-state index contributed by atoms with van der Waals surface area (Å²) in [5, 5.41) is 13.0. The monoisotopic (exact) mass is 265 g/mol. The van der Waals surface area contributed by atoms with E-state index in [-0.39, 0.29) is 12.5 Å². The molecule has 0 aromatic carbocycles. The molecule has 1 heterocycles. The molecule has 0 bridgehead atoms. The molecule has 19 heavy (non-hydrogen) atoms. The lowest BCUT2D eigenvalue weighted by Gasteiger charge is -2.21. The molecular formula is C15H23NO3. The van der Waals surface area contributed by atoms with Gasteiger partial charge in [-0.3, -0.25) is 4.79 Å². The number of hydrogen-bond acceptors (Lipinski definition) is 3. The molecule has 1 aromatic heterocycles. The van der Waals surface area contributed by atoms with E-state index in [1.807, 2.05) is 0 Å². The third-order valence-corrected chi connectivity index (χ3v) is 3.94. The van der Waals surface area contributed by atoms with Gasteiger partial charge in [-0.2, -0.15) is 0 Å². The molecule has 1 atom stereocenters. The number of carbonyl (C=O) groups is 1. The van der Waals surface area contributed by atoms with Crippen LogP contribution < -0.4 is 5.32 Å². The lowest BCUT2D eigenvalue weighted by Crippen LogP contribution is -2.38. The SMILES string of the molecule is CC(O)(CNC(=O)CCC1CCCC1)c1ccco1. The van der Waals surface area contributed by atoms with Crippen molar-refractivity contribution in [3.8, 4) is 0 Å². The molecule has 1 aromatic rings. The van der Waals surface area contributed by atoms with E-state index in [1.54, 1.807) is 19.1 Å². The van der Waals surface area contributed by atoms with E-state index in [0.29, 0.717) is 12.2 Å². The molecule has 1 aliphatic carbocycles. The summed E-state index contributed by atoms with van der Waals surface area (Å²) in [5.41, 5.74) is -1.15. The highest BCUT2D eigenvalue weighted by Crippen LogP contribution is 2.28. The van der Waals surface area contributed by atoms with Crippen molar-refractivity contribution >= 4 is 5.91 Å². The van der Waals surface area contributed by atoms with Gasteiger partial charge in [-0.1, -0.05) is 25.7 Å². The number of rotatable bonds is 6. The van der Waals surface area contributed by atoms with Gasteiger partial charge in [0.25, 0.3) is 0 Å². The van der Waals surface area contributed by atoms with E-state index in [2.05, 4.69) is 5.32 Å². The summed E-state index contributed by atoms with van der Waals surface area (Å²) in [7, 11) is 0. The van der Waals surface area contributed by atoms with Crippen LogP contribution in [0.5, 0.6) is 0 Å². The summed E-state index contributed by atoms with van der Waals surface area (Å²) in [6.07, 6.45) is 8.17. The van der Waals surface area contributed by atoms with E-state index in [1.165, 1.54) is 31.9 Å². The summed E-state index contributed by atoms with van der Waals surface area (Å²) < 4.78 is 5.17. The fraction of sp³-hybridized carbons (Fsp3) is 0.667. The van der Waals surface area contributed by atoms with Gasteiger partial charge in [0.2, 0.25) is 5.91 Å². The number of hydrogen-bond donors (Lipinski definition) is 2. The van der Waals surface area contributed by atoms with Crippen LogP contribution in [0.4, 0.5) is 0 Å². The van der Waals surface area contributed by atoms with Crippen LogP contribution in [0.25, 0.3) is 0 Å². The summed E-state index contributed by atoms with van der Waals surface area (Å²) in [6, 6.07) is 3.44. The average molecular weight is 265 g/mol. The largest absolute Gasteiger partial charge is 0.466 e. The normalized spacial score (nSPS) is 19.3. The molecule has 1 fully saturated rings. The minimum absolute atomic E-state index is 0.0127. The zero-order chi connectivity index (χ0) is 13.7. The molecule has 4 heteroatoms. The zero-order valence-electron chi connectivity index (χ0n) is 11.5. The van der Waals surface area contributed by atoms with E-state index < -0.39 is 5.60 Å². The van der Waals surface area contributed by atoms with Gasteiger partial charge in [0.1, 0.15) is 11.4 Å². The Labute approximate surface area is 114 Å². The smallest absolute Gasteiger partial charge is 0.220 e. The number of nitrogens with one attached hydrogen (secondary N) is 1. The highest BCUT2D eigenvalue weighted by Gasteiger charge is 2.26. The number of furan rings is 1. The van der Waals surface area contributed by atoms with Crippen LogP contribution in [0.1, 0.15) is 51.2 Å². The summed E-state index contributed by atoms with van der Waals surface area (Å²) >= 11 is 0. The molecule has 0 spiro atoms. The van der Waals surface area contributed by atoms with Crippen LogP contribution in [0, 0.1) is 5.92 Å². The minimum Gasteiger partial charge on any atom is -0.466 e. The molecule has 1 saturated carbocycles. The van der Waals surface area contributed by atoms with Gasteiger partial charge in [-0.25, -0.2) is 0 Å². The van der Waals surface area contributed by atoms with Crippen molar-refractivity contribution < 1.29 is 14.3 Å². The first kappa shape index (κ1) is 14.1. The van der Waals surface area contributed by atoms with Crippen LogP contribution in [-0.4, -0.2) is 17.6 Å². The van der Waals surface area contributed by atoms with Crippen LogP contribution in [-0.2, 0) is 10.4 Å². The first-order valence-corrected chi connectivity index (χ1v) is 7.11. The molecule has 1 unspecified atom stereocenters. The molecule has 2 rings (SSSR count). The third-order valence-electron chi connectivity index (χ3n) is 3.94. The number of carbonyl (C=O) groups excluding carboxylic acids is 1. The molecule has 4 nitrogen and oxygen atoms in total. The first-order chi connectivity index (χ1) is 9.08. The van der Waals surface area contributed by atoms with Gasteiger partial charge in [-0.05, 0) is 31.4 Å². The van der Waals surface area contributed by atoms with Crippen molar-refractivity contribution in [3.63, 3.8) is 0 Å². The van der Waals surface area contributed by atoms with Crippen LogP contribution >= 0.6 is 0 Å². The Morgan fingerprint density at radius 1 is 1.53 bits per heavy atom. The van der Waals surface area contributed by atoms with E-state index in [0.717, 1.165) is 12.3 Å². The molecule has 2 N–H and O–H groups in total. The van der Waals surface area contributed by atoms with E-state index in [4.69, 9.17) is 4.42 Å². The Bertz CT molecular complexity index is 392. The highest BCUT2D eigenvalue weighted by atomic mass is 16.4. The standard InChI is InChI=1S/C15H23NO3/c1-15(18,13-7-4-10-19-13)11-16-14(17)9-8-12-5-2-3-6-12/h4,7,10,12,18H,2-3,5-6,8-9,11H2,1H3,(H,16,17). The third kappa shape index (κ3) is 4.10. The Morgan fingerprint density at radius 3 is 2.89 bits per heavy atom. The Morgan fingerprint density at radius 2 is 2.26 bits per heavy atom. The maximum absolute atomic E-state index is 11.8. The van der Waals surface area contributed by atoms with Gasteiger partial charge in [-0.15, -0.1) is 0 Å². The number of amides is 1. The first-order valence-electron chi connectivity index (χ1n) is 7.11. The van der Waals surface area contributed by atoms with Crippen molar-refractivity contribution in [1.82, 2.24) is 5.32 Å². The average Bonchev–Trinajstić information content (AvgIpc) is 3.06. The van der Waals surface area contributed by atoms with Crippen molar-refractivity contribution in [2.75, 3.05) is 6.54 Å². The van der Waals surface area contributed by atoms with Crippen LogP contribution in [0.2, 0.25) is 0 Å². The predicted octanol–water partition coefficient (Wildman–Crippen LogP) is 2.57. The Balaban J connectivity index is 1.70. The molecule has 1 aliphatic rings. The van der Waals surface area contributed by atoms with Crippen molar-refractivity contribution in [3.05, 3.63) is 24.2 Å². The van der Waals surface area contributed by atoms with Gasteiger partial charge < -0.3 is 14.8 Å². The quantitative estimate of drug-likeness (QED) is 0.831. The molecule has 0 aliphatic heterocycles. The second-order valence-corrected chi connectivity index (χ2v) is 5.72. The zero-order valence-corrected chi connectivity index (χ0v) is 11.5. The minimum atomic E-state index is -1.15. The second-order valence-electron chi connectivity index (χ2n) is 5.72. The molecule has 0 radical (unpaired) electrons. The highest BCUT2D eigenvalue weighted by molar-refractivity contribution is 5.75. The maximum Gasteiger partial charge on any atom is 0.220 e. The predicted molar refractivity (Wildman–Crippen MR) is 72.5 cm³/mol. The fourth-order valence-electron chi connectivity index (χ4n) is 2.67. The van der Waals surface area contributed by atoms with Gasteiger partial charge >= 0.3 is 0 Å². The van der Waals surface area contributed by atoms with E-state index >= 15 is 0 Å². The van der Waals surface area contributed by atoms with Crippen LogP contribution in [0.3, 0.4) is 0 Å². The lowest BCUT2D eigenvalue weighted by atomic mass is 10.0. The van der Waals surface area contributed by atoms with Crippen LogP contribution in [0.15, 0.2) is 22.8 Å². The van der Waals surface area contributed by atoms with Gasteiger partial charge in [0.05, 0.1) is 12.8 Å². The second kappa shape index (κ2) is 6.24. The molecule has 1 amide bonds. The number of aliphatic hydroxyl groups is 1. The summed E-state index contributed by atoms with van der Waals surface area (Å²) in [6.45, 7) is 1.83. The van der Waals surface area contributed by atoms with Gasteiger partial charge in [0, 0.05) is 6.42 Å². The molecular weight excluding hydrogens is 242 g/mol. The molecule has 0 saturated heterocycles. The lowest BCUT2D eigenvalue weighted by molar-refractivity contribution is -0.122. The Kier molecular flexibility index (Phi) is 4.64. The molecule has 106 valence electrons. The maximum atomic E-state index is 11.8. The van der Waals surface area contributed by atoms with Crippen molar-refractivity contribution in [2.45, 2.75) is 51.0 Å². The van der Waals surface area contributed by atoms with Crippen molar-refractivity contribution in [1.29, 1.82) is 0 Å². The van der Waals surface area contributed by atoms with Gasteiger partial charge in [0.15, 0.2) is 0 Å². The van der Waals surface area contributed by atoms with E-state index in [9.17, 15) is 9.90 Å². The topological polar surface area (TPSA) is 62.5 Å². The van der Waals surface area contributed by atoms with Crippen molar-refractivity contribution in [2.24, 2.45) is 5.92 Å².